The minimum atomic E-state index is -0.611. The number of halogens is 3. The van der Waals surface area contributed by atoms with Crippen LogP contribution in [0.1, 0.15) is 9.67 Å². The standard InChI is InChI=1S/C13H6Cl3N3O2S/c14-7-3-1-6(2-4-7)8-5-9(20)19(17-8)13(21)11-10(15)12(16)18-22-11/h1-5,17H. The molecule has 2 heterocycles. The van der Waals surface area contributed by atoms with Crippen molar-refractivity contribution in [3.05, 3.63) is 60.8 Å². The van der Waals surface area contributed by atoms with Crippen LogP contribution in [0.3, 0.4) is 0 Å². The summed E-state index contributed by atoms with van der Waals surface area (Å²) >= 11 is 18.3. The number of carbonyl (C=O) groups excluding carboxylic acids is 1. The molecule has 1 N–H and O–H groups in total. The van der Waals surface area contributed by atoms with Crippen molar-refractivity contribution in [3.8, 4) is 11.3 Å². The van der Waals surface area contributed by atoms with E-state index in [4.69, 9.17) is 34.8 Å². The lowest BCUT2D eigenvalue weighted by molar-refractivity contribution is 0.0946. The van der Waals surface area contributed by atoms with Crippen molar-refractivity contribution in [3.63, 3.8) is 0 Å². The maximum atomic E-state index is 12.3. The molecule has 0 saturated carbocycles. The van der Waals surface area contributed by atoms with Gasteiger partial charge in [0.1, 0.15) is 9.90 Å². The first kappa shape index (κ1) is 15.3. The van der Waals surface area contributed by atoms with Gasteiger partial charge in [0.2, 0.25) is 0 Å². The van der Waals surface area contributed by atoms with E-state index in [1.54, 1.807) is 24.3 Å². The molecular formula is C13H6Cl3N3O2S. The van der Waals surface area contributed by atoms with Crippen molar-refractivity contribution in [2.45, 2.75) is 0 Å². The first-order chi connectivity index (χ1) is 10.5. The molecule has 1 aromatic carbocycles. The van der Waals surface area contributed by atoms with Crippen LogP contribution in [0, 0.1) is 0 Å². The summed E-state index contributed by atoms with van der Waals surface area (Å²) in [5, 5.41) is 3.39. The number of benzene rings is 1. The van der Waals surface area contributed by atoms with Crippen LogP contribution >= 0.6 is 46.3 Å². The third-order valence-corrected chi connectivity index (χ3v) is 4.91. The number of carbonyl (C=O) groups is 1. The molecule has 0 saturated heterocycles. The van der Waals surface area contributed by atoms with Crippen molar-refractivity contribution in [1.29, 1.82) is 0 Å². The van der Waals surface area contributed by atoms with Crippen LogP contribution < -0.4 is 5.56 Å². The Kier molecular flexibility index (Phi) is 4.10. The molecular weight excluding hydrogens is 369 g/mol. The van der Waals surface area contributed by atoms with Crippen molar-refractivity contribution in [2.24, 2.45) is 0 Å². The predicted molar refractivity (Wildman–Crippen MR) is 87.4 cm³/mol. The van der Waals surface area contributed by atoms with E-state index in [1.807, 2.05) is 0 Å². The number of rotatable bonds is 2. The van der Waals surface area contributed by atoms with Gasteiger partial charge in [-0.05, 0) is 29.2 Å². The average molecular weight is 375 g/mol. The zero-order valence-electron chi connectivity index (χ0n) is 10.6. The summed E-state index contributed by atoms with van der Waals surface area (Å²) in [6.45, 7) is 0. The quantitative estimate of drug-likeness (QED) is 0.738. The molecule has 0 radical (unpaired) electrons. The van der Waals surface area contributed by atoms with Gasteiger partial charge in [0.25, 0.3) is 11.5 Å². The number of hydrogen-bond donors (Lipinski definition) is 1. The lowest BCUT2D eigenvalue weighted by Crippen LogP contribution is -2.24. The molecule has 9 heteroatoms. The molecule has 0 fully saturated rings. The van der Waals surface area contributed by atoms with Gasteiger partial charge in [0, 0.05) is 11.1 Å². The van der Waals surface area contributed by atoms with Crippen molar-refractivity contribution in [1.82, 2.24) is 14.2 Å². The highest BCUT2D eigenvalue weighted by molar-refractivity contribution is 7.09. The Hall–Kier alpha value is -1.60. The second kappa shape index (κ2) is 5.89. The van der Waals surface area contributed by atoms with Crippen LogP contribution in [0.25, 0.3) is 11.3 Å². The van der Waals surface area contributed by atoms with Gasteiger partial charge >= 0.3 is 0 Å². The van der Waals surface area contributed by atoms with E-state index in [0.717, 1.165) is 21.8 Å². The fraction of sp³-hybridized carbons (Fsp3) is 0. The van der Waals surface area contributed by atoms with Crippen molar-refractivity contribution < 1.29 is 4.79 Å². The summed E-state index contributed by atoms with van der Waals surface area (Å²) in [5.41, 5.74) is 0.707. The lowest BCUT2D eigenvalue weighted by atomic mass is 10.2. The van der Waals surface area contributed by atoms with Gasteiger partial charge in [0.15, 0.2) is 5.15 Å². The highest BCUT2D eigenvalue weighted by atomic mass is 35.5. The number of hydrogen-bond acceptors (Lipinski definition) is 4. The Balaban J connectivity index is 2.02. The van der Waals surface area contributed by atoms with Crippen molar-refractivity contribution in [2.75, 3.05) is 0 Å². The summed E-state index contributed by atoms with van der Waals surface area (Å²) < 4.78 is 4.64. The predicted octanol–water partition coefficient (Wildman–Crippen LogP) is 3.95. The Morgan fingerprint density at radius 1 is 1.18 bits per heavy atom. The zero-order valence-corrected chi connectivity index (χ0v) is 13.7. The molecule has 0 aliphatic heterocycles. The molecule has 2 aromatic heterocycles. The number of nitrogens with one attached hydrogen (secondary N) is 1. The monoisotopic (exact) mass is 373 g/mol. The van der Waals surface area contributed by atoms with Gasteiger partial charge in [-0.1, -0.05) is 46.9 Å². The molecule has 0 spiro atoms. The maximum Gasteiger partial charge on any atom is 0.292 e. The van der Waals surface area contributed by atoms with Crippen LogP contribution in [0.5, 0.6) is 0 Å². The van der Waals surface area contributed by atoms with Crippen LogP contribution in [0.15, 0.2) is 35.1 Å². The minimum absolute atomic E-state index is 0.0335. The van der Waals surface area contributed by atoms with E-state index in [2.05, 4.69) is 9.47 Å². The zero-order chi connectivity index (χ0) is 15.9. The second-order valence-electron chi connectivity index (χ2n) is 4.27. The number of aromatic amines is 1. The van der Waals surface area contributed by atoms with Crippen LogP contribution in [0.2, 0.25) is 15.2 Å². The van der Waals surface area contributed by atoms with E-state index in [-0.39, 0.29) is 15.1 Å². The van der Waals surface area contributed by atoms with Crippen molar-refractivity contribution >= 4 is 52.2 Å². The van der Waals surface area contributed by atoms with Gasteiger partial charge in [-0.15, -0.1) is 0 Å². The Morgan fingerprint density at radius 3 is 2.45 bits per heavy atom. The minimum Gasteiger partial charge on any atom is -0.288 e. The normalized spacial score (nSPS) is 10.9. The molecule has 0 aliphatic rings. The van der Waals surface area contributed by atoms with Gasteiger partial charge in [-0.2, -0.15) is 9.06 Å². The van der Waals surface area contributed by atoms with Gasteiger partial charge in [0.05, 0.1) is 5.69 Å². The number of nitrogens with zero attached hydrogens (tertiary/aromatic N) is 2. The number of aromatic nitrogens is 3. The third kappa shape index (κ3) is 2.70. The summed E-state index contributed by atoms with van der Waals surface area (Å²) in [6.07, 6.45) is 0. The molecule has 0 atom stereocenters. The smallest absolute Gasteiger partial charge is 0.288 e. The van der Waals surface area contributed by atoms with Crippen LogP contribution in [-0.2, 0) is 0 Å². The van der Waals surface area contributed by atoms with E-state index < -0.39 is 11.5 Å². The Morgan fingerprint density at radius 2 is 1.86 bits per heavy atom. The highest BCUT2D eigenvalue weighted by Crippen LogP contribution is 2.29. The Bertz CT molecular complexity index is 912. The fourth-order valence-electron chi connectivity index (χ4n) is 1.82. The summed E-state index contributed by atoms with van der Waals surface area (Å²) in [4.78, 5) is 24.4. The molecule has 3 rings (SSSR count). The average Bonchev–Trinajstić information content (AvgIpc) is 3.04. The van der Waals surface area contributed by atoms with Crippen LogP contribution in [0.4, 0.5) is 0 Å². The van der Waals surface area contributed by atoms with Gasteiger partial charge in [-0.25, -0.2) is 0 Å². The molecule has 5 nitrogen and oxygen atoms in total. The van der Waals surface area contributed by atoms with E-state index in [0.29, 0.717) is 10.7 Å². The summed E-state index contributed by atoms with van der Waals surface area (Å²) in [6, 6.07) is 8.16. The topological polar surface area (TPSA) is 67.8 Å². The first-order valence-electron chi connectivity index (χ1n) is 5.91. The molecule has 0 unspecified atom stereocenters. The van der Waals surface area contributed by atoms with Gasteiger partial charge < -0.3 is 0 Å². The third-order valence-electron chi connectivity index (χ3n) is 2.87. The summed E-state index contributed by atoms with van der Waals surface area (Å²) in [5.74, 6) is -0.611. The van der Waals surface area contributed by atoms with E-state index >= 15 is 0 Å². The maximum absolute atomic E-state index is 12.3. The first-order valence-corrected chi connectivity index (χ1v) is 7.81. The number of H-pyrrole nitrogens is 1. The second-order valence-corrected chi connectivity index (χ2v) is 6.22. The molecule has 0 bridgehead atoms. The summed E-state index contributed by atoms with van der Waals surface area (Å²) in [7, 11) is 0. The Labute approximate surface area is 143 Å². The highest BCUT2D eigenvalue weighted by Gasteiger charge is 2.21. The largest absolute Gasteiger partial charge is 0.292 e. The fourth-order valence-corrected chi connectivity index (χ4v) is 3.08. The molecule has 112 valence electrons. The van der Waals surface area contributed by atoms with Crippen LogP contribution in [-0.4, -0.2) is 20.1 Å². The molecule has 0 amide bonds. The van der Waals surface area contributed by atoms with Gasteiger partial charge in [-0.3, -0.25) is 14.7 Å². The van der Waals surface area contributed by atoms with E-state index in [1.165, 1.54) is 6.07 Å². The molecule has 22 heavy (non-hydrogen) atoms. The SMILES string of the molecule is O=C(c1snc(Cl)c1Cl)n1[nH]c(-c2ccc(Cl)cc2)cc1=O. The van der Waals surface area contributed by atoms with E-state index in [9.17, 15) is 9.59 Å². The molecule has 0 aliphatic carbocycles. The lowest BCUT2D eigenvalue weighted by Gasteiger charge is -2.00. The molecule has 3 aromatic rings.